The van der Waals surface area contributed by atoms with Crippen LogP contribution in [-0.4, -0.2) is 35.1 Å². The van der Waals surface area contributed by atoms with Crippen molar-refractivity contribution in [3.8, 4) is 0 Å². The highest BCUT2D eigenvalue weighted by Gasteiger charge is 2.13. The van der Waals surface area contributed by atoms with Crippen LogP contribution in [0.15, 0.2) is 55.0 Å². The molecule has 1 aromatic heterocycles. The molecule has 0 amide bonds. The van der Waals surface area contributed by atoms with E-state index in [1.165, 1.54) is 32.1 Å². The van der Waals surface area contributed by atoms with Crippen LogP contribution in [0.25, 0.3) is 5.57 Å². The average Bonchev–Trinajstić information content (AvgIpc) is 2.57. The van der Waals surface area contributed by atoms with Crippen molar-refractivity contribution in [3.63, 3.8) is 0 Å². The van der Waals surface area contributed by atoms with Crippen molar-refractivity contribution < 1.29 is 5.11 Å². The highest BCUT2D eigenvalue weighted by Crippen LogP contribution is 2.20. The van der Waals surface area contributed by atoms with Crippen LogP contribution >= 0.6 is 0 Å². The molecule has 1 fully saturated rings. The normalized spacial score (nSPS) is 16.3. The largest absolute Gasteiger partial charge is 0.509 e. The minimum absolute atomic E-state index is 0.0419. The van der Waals surface area contributed by atoms with Gasteiger partial charge < -0.3 is 10.0 Å². The number of hydrogen-bond acceptors (Lipinski definition) is 3. The molecule has 0 bridgehead atoms. The summed E-state index contributed by atoms with van der Waals surface area (Å²) in [4.78, 5) is 6.56. The second-order valence-electron chi connectivity index (χ2n) is 6.04. The Morgan fingerprint density at radius 2 is 1.91 bits per heavy atom. The van der Waals surface area contributed by atoms with Crippen LogP contribution in [0.4, 0.5) is 0 Å². The number of nitrogens with zero attached hydrogens (tertiary/aromatic N) is 2. The molecule has 1 heterocycles. The van der Waals surface area contributed by atoms with Crippen LogP contribution in [0.5, 0.6) is 0 Å². The zero-order valence-electron chi connectivity index (χ0n) is 14.7. The Balaban J connectivity index is 0.000000253. The van der Waals surface area contributed by atoms with Gasteiger partial charge in [0.1, 0.15) is 5.76 Å². The predicted octanol–water partition coefficient (Wildman–Crippen LogP) is 4.99. The third kappa shape index (κ3) is 7.80. The number of pyridine rings is 1. The van der Waals surface area contributed by atoms with E-state index in [0.29, 0.717) is 0 Å². The molecule has 23 heavy (non-hydrogen) atoms. The maximum absolute atomic E-state index is 8.91. The Morgan fingerprint density at radius 3 is 2.35 bits per heavy atom. The summed E-state index contributed by atoms with van der Waals surface area (Å²) < 4.78 is 0. The van der Waals surface area contributed by atoms with Gasteiger partial charge in [-0.05, 0) is 63.7 Å². The summed E-state index contributed by atoms with van der Waals surface area (Å²) in [6, 6.07) is 6.59. The lowest BCUT2D eigenvalue weighted by Crippen LogP contribution is -2.29. The Kier molecular flexibility index (Phi) is 9.00. The maximum Gasteiger partial charge on any atom is 0.108 e. The van der Waals surface area contributed by atoms with Crippen molar-refractivity contribution in [2.45, 2.75) is 45.1 Å². The number of aliphatic hydroxyl groups is 1. The molecule has 3 nitrogen and oxygen atoms in total. The van der Waals surface area contributed by atoms with Gasteiger partial charge in [-0.2, -0.15) is 0 Å². The SMILES string of the molecule is C=C(O)/C=C\C(=C/C)c1ccccn1.CN(C)C1CCCCC1. The Bertz CT molecular complexity index is 512. The van der Waals surface area contributed by atoms with Crippen molar-refractivity contribution in [1.29, 1.82) is 0 Å². The van der Waals surface area contributed by atoms with E-state index in [9.17, 15) is 0 Å². The molecule has 0 aliphatic heterocycles. The second kappa shape index (κ2) is 10.8. The summed E-state index contributed by atoms with van der Waals surface area (Å²) in [7, 11) is 4.38. The average molecular weight is 314 g/mol. The molecular weight excluding hydrogens is 284 g/mol. The fraction of sp³-hybridized carbons (Fsp3) is 0.450. The highest BCUT2D eigenvalue weighted by atomic mass is 16.3. The second-order valence-corrected chi connectivity index (χ2v) is 6.04. The zero-order chi connectivity index (χ0) is 17.1. The molecule has 0 spiro atoms. The van der Waals surface area contributed by atoms with Crippen LogP contribution in [0, 0.1) is 0 Å². The van der Waals surface area contributed by atoms with Gasteiger partial charge in [0.25, 0.3) is 0 Å². The number of allylic oxidation sites excluding steroid dienone is 4. The van der Waals surface area contributed by atoms with E-state index in [1.54, 1.807) is 18.3 Å². The van der Waals surface area contributed by atoms with E-state index in [0.717, 1.165) is 17.3 Å². The van der Waals surface area contributed by atoms with Gasteiger partial charge in [0.2, 0.25) is 0 Å². The Labute approximate surface area is 141 Å². The Hall–Kier alpha value is -1.87. The van der Waals surface area contributed by atoms with Crippen molar-refractivity contribution in [1.82, 2.24) is 9.88 Å². The first-order valence-electron chi connectivity index (χ1n) is 8.34. The minimum atomic E-state index is 0.0419. The molecule has 3 heteroatoms. The molecule has 1 saturated carbocycles. The molecule has 0 radical (unpaired) electrons. The maximum atomic E-state index is 8.91. The van der Waals surface area contributed by atoms with Gasteiger partial charge in [-0.15, -0.1) is 0 Å². The fourth-order valence-electron chi connectivity index (χ4n) is 2.65. The molecule has 1 aliphatic rings. The standard InChI is InChI=1S/C12H13NO.C8H17N/c1-3-11(8-7-10(2)14)12-6-4-5-9-13-12;1-9(2)8-6-4-3-5-7-8/h3-9,14H,2H2,1H3;8H,3-7H2,1-2H3/b8-7-,11-3+;. The van der Waals surface area contributed by atoms with Crippen molar-refractivity contribution in [2.24, 2.45) is 0 Å². The summed E-state index contributed by atoms with van der Waals surface area (Å²) in [6.45, 7) is 5.30. The van der Waals surface area contributed by atoms with E-state index in [4.69, 9.17) is 5.11 Å². The highest BCUT2D eigenvalue weighted by molar-refractivity contribution is 5.71. The first kappa shape index (κ1) is 19.2. The number of hydrogen-bond donors (Lipinski definition) is 1. The number of aromatic nitrogens is 1. The predicted molar refractivity (Wildman–Crippen MR) is 99.4 cm³/mol. The minimum Gasteiger partial charge on any atom is -0.509 e. The topological polar surface area (TPSA) is 36.4 Å². The molecule has 1 N–H and O–H groups in total. The fourth-order valence-corrected chi connectivity index (χ4v) is 2.65. The zero-order valence-corrected chi connectivity index (χ0v) is 14.7. The lowest BCUT2D eigenvalue weighted by molar-refractivity contribution is 0.229. The Morgan fingerprint density at radius 1 is 1.22 bits per heavy atom. The first-order valence-corrected chi connectivity index (χ1v) is 8.34. The summed E-state index contributed by atoms with van der Waals surface area (Å²) in [5, 5.41) is 8.91. The smallest absolute Gasteiger partial charge is 0.108 e. The van der Waals surface area contributed by atoms with Gasteiger partial charge >= 0.3 is 0 Å². The number of rotatable bonds is 4. The molecule has 0 atom stereocenters. The van der Waals surface area contributed by atoms with E-state index in [-0.39, 0.29) is 5.76 Å². The van der Waals surface area contributed by atoms with Crippen molar-refractivity contribution in [2.75, 3.05) is 14.1 Å². The van der Waals surface area contributed by atoms with E-state index >= 15 is 0 Å². The molecule has 0 aromatic carbocycles. The molecule has 0 unspecified atom stereocenters. The van der Waals surface area contributed by atoms with Crippen molar-refractivity contribution in [3.05, 3.63) is 60.7 Å². The third-order valence-corrected chi connectivity index (χ3v) is 4.03. The summed E-state index contributed by atoms with van der Waals surface area (Å²) >= 11 is 0. The van der Waals surface area contributed by atoms with Gasteiger partial charge in [-0.1, -0.05) is 38.0 Å². The van der Waals surface area contributed by atoms with Gasteiger partial charge in [0.05, 0.1) is 5.69 Å². The summed E-state index contributed by atoms with van der Waals surface area (Å²) in [5.41, 5.74) is 1.84. The summed E-state index contributed by atoms with van der Waals surface area (Å²) in [5.74, 6) is 0.0419. The monoisotopic (exact) mass is 314 g/mol. The quantitative estimate of drug-likeness (QED) is 0.628. The molecule has 126 valence electrons. The van der Waals surface area contributed by atoms with E-state index in [2.05, 4.69) is 30.6 Å². The van der Waals surface area contributed by atoms with Gasteiger partial charge in [-0.25, -0.2) is 0 Å². The summed E-state index contributed by atoms with van der Waals surface area (Å²) in [6.07, 6.45) is 14.2. The molecule has 1 aliphatic carbocycles. The van der Waals surface area contributed by atoms with Crippen LogP contribution < -0.4 is 0 Å². The van der Waals surface area contributed by atoms with E-state index in [1.807, 2.05) is 31.2 Å². The van der Waals surface area contributed by atoms with Crippen LogP contribution in [0.1, 0.15) is 44.7 Å². The molecule has 0 saturated heterocycles. The lowest BCUT2D eigenvalue weighted by Gasteiger charge is -2.27. The van der Waals surface area contributed by atoms with E-state index < -0.39 is 0 Å². The molecule has 1 aromatic rings. The molecule has 2 rings (SSSR count). The van der Waals surface area contributed by atoms with Gasteiger partial charge in [0, 0.05) is 12.2 Å². The number of aliphatic hydroxyl groups excluding tert-OH is 1. The van der Waals surface area contributed by atoms with Crippen LogP contribution in [0.3, 0.4) is 0 Å². The lowest BCUT2D eigenvalue weighted by atomic mass is 9.95. The third-order valence-electron chi connectivity index (χ3n) is 4.03. The van der Waals surface area contributed by atoms with Crippen molar-refractivity contribution >= 4 is 5.57 Å². The molecular formula is C20H30N2O. The first-order chi connectivity index (χ1) is 11.0. The van der Waals surface area contributed by atoms with Gasteiger partial charge in [-0.3, -0.25) is 4.98 Å². The van der Waals surface area contributed by atoms with Crippen LogP contribution in [-0.2, 0) is 0 Å². The van der Waals surface area contributed by atoms with Gasteiger partial charge in [0.15, 0.2) is 0 Å². The van der Waals surface area contributed by atoms with Crippen LogP contribution in [0.2, 0.25) is 0 Å².